The monoisotopic (exact) mass is 354 g/mol. The molecular formula is C19H22N4O3. The summed E-state index contributed by atoms with van der Waals surface area (Å²) < 4.78 is 5.46. The molecule has 1 aliphatic rings. The average Bonchev–Trinajstić information content (AvgIpc) is 2.72. The molecule has 2 N–H and O–H groups in total. The number of ether oxygens (including phenoxy) is 1. The van der Waals surface area contributed by atoms with Gasteiger partial charge in [-0.1, -0.05) is 12.1 Å². The molecular weight excluding hydrogens is 332 g/mol. The molecule has 0 saturated carbocycles. The molecule has 1 saturated heterocycles. The fourth-order valence-electron chi connectivity index (χ4n) is 2.93. The summed E-state index contributed by atoms with van der Waals surface area (Å²) in [5.41, 5.74) is 0.520. The molecule has 2 aromatic heterocycles. The van der Waals surface area contributed by atoms with Crippen molar-refractivity contribution in [3.63, 3.8) is 0 Å². The van der Waals surface area contributed by atoms with Gasteiger partial charge in [-0.25, -0.2) is 0 Å². The lowest BCUT2D eigenvalue weighted by Crippen LogP contribution is -2.48. The van der Waals surface area contributed by atoms with Gasteiger partial charge in [0, 0.05) is 44.1 Å². The predicted molar refractivity (Wildman–Crippen MR) is 95.6 cm³/mol. The zero-order valence-corrected chi connectivity index (χ0v) is 14.5. The molecule has 0 unspecified atom stereocenters. The summed E-state index contributed by atoms with van der Waals surface area (Å²) >= 11 is 0. The van der Waals surface area contributed by atoms with Crippen LogP contribution in [0.1, 0.15) is 33.8 Å². The highest BCUT2D eigenvalue weighted by atomic mass is 16.5. The fourth-order valence-corrected chi connectivity index (χ4v) is 2.93. The van der Waals surface area contributed by atoms with Crippen molar-refractivity contribution in [1.82, 2.24) is 20.6 Å². The number of carbonyl (C=O) groups is 2. The van der Waals surface area contributed by atoms with Gasteiger partial charge in [-0.3, -0.25) is 19.6 Å². The summed E-state index contributed by atoms with van der Waals surface area (Å²) in [6.45, 7) is 2.13. The Morgan fingerprint density at radius 3 is 1.81 bits per heavy atom. The minimum absolute atomic E-state index is 0.215. The number of hydrogen-bond acceptors (Lipinski definition) is 5. The van der Waals surface area contributed by atoms with Gasteiger partial charge in [0.2, 0.25) is 0 Å². The van der Waals surface area contributed by atoms with Crippen LogP contribution in [0.4, 0.5) is 0 Å². The van der Waals surface area contributed by atoms with E-state index in [0.717, 1.165) is 12.8 Å². The van der Waals surface area contributed by atoms with Crippen molar-refractivity contribution >= 4 is 11.8 Å². The maximum atomic E-state index is 12.3. The van der Waals surface area contributed by atoms with Crippen LogP contribution in [0.15, 0.2) is 48.8 Å². The van der Waals surface area contributed by atoms with Crippen molar-refractivity contribution in [2.24, 2.45) is 5.41 Å². The summed E-state index contributed by atoms with van der Waals surface area (Å²) in [6, 6.07) is 10.4. The normalized spacial score (nSPS) is 15.8. The highest BCUT2D eigenvalue weighted by molar-refractivity contribution is 5.92. The third kappa shape index (κ3) is 4.64. The number of pyridine rings is 2. The van der Waals surface area contributed by atoms with Crippen LogP contribution < -0.4 is 10.6 Å². The lowest BCUT2D eigenvalue weighted by atomic mass is 9.80. The van der Waals surface area contributed by atoms with Crippen LogP contribution in [-0.4, -0.2) is 48.1 Å². The van der Waals surface area contributed by atoms with E-state index < -0.39 is 0 Å². The number of amides is 2. The Balaban J connectivity index is 1.61. The van der Waals surface area contributed by atoms with E-state index in [1.807, 2.05) is 0 Å². The van der Waals surface area contributed by atoms with Crippen molar-refractivity contribution in [1.29, 1.82) is 0 Å². The summed E-state index contributed by atoms with van der Waals surface area (Å²) in [5.74, 6) is -0.431. The second-order valence-corrected chi connectivity index (χ2v) is 6.41. The van der Waals surface area contributed by atoms with Crippen molar-refractivity contribution in [2.45, 2.75) is 12.8 Å². The molecule has 0 spiro atoms. The van der Waals surface area contributed by atoms with E-state index in [4.69, 9.17) is 4.74 Å². The SMILES string of the molecule is O=C(NCC1(CNC(=O)c2ccccn2)CCOCC1)c1ccccn1. The molecule has 2 amide bonds. The molecule has 7 nitrogen and oxygen atoms in total. The molecule has 2 aromatic rings. The minimum atomic E-state index is -0.243. The number of aromatic nitrogens is 2. The highest BCUT2D eigenvalue weighted by Crippen LogP contribution is 2.29. The number of carbonyl (C=O) groups excluding carboxylic acids is 2. The Bertz CT molecular complexity index is 673. The summed E-state index contributed by atoms with van der Waals surface area (Å²) in [4.78, 5) is 32.7. The first-order chi connectivity index (χ1) is 12.7. The van der Waals surface area contributed by atoms with E-state index in [1.165, 1.54) is 0 Å². The van der Waals surface area contributed by atoms with Crippen LogP contribution in [-0.2, 0) is 4.74 Å². The Labute approximate surface area is 152 Å². The Hall–Kier alpha value is -2.80. The van der Waals surface area contributed by atoms with Gasteiger partial charge in [-0.15, -0.1) is 0 Å². The molecule has 1 aliphatic heterocycles. The van der Waals surface area contributed by atoms with Crippen LogP contribution >= 0.6 is 0 Å². The first kappa shape index (κ1) is 18.0. The van der Waals surface area contributed by atoms with E-state index in [0.29, 0.717) is 37.7 Å². The van der Waals surface area contributed by atoms with Gasteiger partial charge in [0.05, 0.1) is 0 Å². The van der Waals surface area contributed by atoms with Crippen LogP contribution in [0.3, 0.4) is 0 Å². The molecule has 26 heavy (non-hydrogen) atoms. The molecule has 0 aliphatic carbocycles. The van der Waals surface area contributed by atoms with Gasteiger partial charge >= 0.3 is 0 Å². The van der Waals surface area contributed by atoms with Crippen molar-refractivity contribution in [3.05, 3.63) is 60.2 Å². The average molecular weight is 354 g/mol. The van der Waals surface area contributed by atoms with E-state index in [-0.39, 0.29) is 17.2 Å². The largest absolute Gasteiger partial charge is 0.381 e. The Kier molecular flexibility index (Phi) is 5.91. The maximum Gasteiger partial charge on any atom is 0.269 e. The van der Waals surface area contributed by atoms with Gasteiger partial charge in [-0.05, 0) is 37.1 Å². The van der Waals surface area contributed by atoms with E-state index >= 15 is 0 Å². The predicted octanol–water partition coefficient (Wildman–Crippen LogP) is 1.43. The van der Waals surface area contributed by atoms with Gasteiger partial charge in [0.15, 0.2) is 0 Å². The van der Waals surface area contributed by atoms with Crippen LogP contribution in [0.25, 0.3) is 0 Å². The van der Waals surface area contributed by atoms with Gasteiger partial charge in [0.25, 0.3) is 11.8 Å². The Morgan fingerprint density at radius 2 is 1.38 bits per heavy atom. The molecule has 3 heterocycles. The summed E-state index contributed by atoms with van der Waals surface area (Å²) in [7, 11) is 0. The van der Waals surface area contributed by atoms with Crippen molar-refractivity contribution in [3.8, 4) is 0 Å². The quantitative estimate of drug-likeness (QED) is 0.819. The van der Waals surface area contributed by atoms with E-state index in [2.05, 4.69) is 20.6 Å². The molecule has 3 rings (SSSR count). The molecule has 136 valence electrons. The number of rotatable bonds is 6. The summed E-state index contributed by atoms with van der Waals surface area (Å²) in [5, 5.41) is 5.90. The molecule has 1 fully saturated rings. The molecule has 0 aromatic carbocycles. The summed E-state index contributed by atoms with van der Waals surface area (Å²) in [6.07, 6.45) is 4.70. The lowest BCUT2D eigenvalue weighted by molar-refractivity contribution is 0.0150. The van der Waals surface area contributed by atoms with Gasteiger partial charge < -0.3 is 15.4 Å². The fraction of sp³-hybridized carbons (Fsp3) is 0.368. The van der Waals surface area contributed by atoms with Gasteiger partial charge in [0.1, 0.15) is 11.4 Å². The van der Waals surface area contributed by atoms with Crippen LogP contribution in [0.5, 0.6) is 0 Å². The number of nitrogens with one attached hydrogen (secondary N) is 2. The van der Waals surface area contributed by atoms with Crippen molar-refractivity contribution in [2.75, 3.05) is 26.3 Å². The third-order valence-corrected chi connectivity index (χ3v) is 4.60. The zero-order chi connectivity index (χ0) is 18.2. The zero-order valence-electron chi connectivity index (χ0n) is 14.5. The maximum absolute atomic E-state index is 12.3. The standard InChI is InChI=1S/C19H22N4O3/c24-17(15-5-1-3-9-20-15)22-13-19(7-11-26-12-8-19)14-23-18(25)16-6-2-4-10-21-16/h1-6,9-10H,7-8,11-14H2,(H,22,24)(H,23,25). The second-order valence-electron chi connectivity index (χ2n) is 6.41. The first-order valence-electron chi connectivity index (χ1n) is 8.65. The van der Waals surface area contributed by atoms with Gasteiger partial charge in [-0.2, -0.15) is 0 Å². The first-order valence-corrected chi connectivity index (χ1v) is 8.65. The number of nitrogens with zero attached hydrogens (tertiary/aromatic N) is 2. The third-order valence-electron chi connectivity index (χ3n) is 4.60. The second kappa shape index (κ2) is 8.53. The van der Waals surface area contributed by atoms with E-state index in [9.17, 15) is 9.59 Å². The number of hydrogen-bond donors (Lipinski definition) is 2. The minimum Gasteiger partial charge on any atom is -0.381 e. The smallest absolute Gasteiger partial charge is 0.269 e. The molecule has 7 heteroatoms. The van der Waals surface area contributed by atoms with Crippen molar-refractivity contribution < 1.29 is 14.3 Å². The molecule has 0 radical (unpaired) electrons. The van der Waals surface area contributed by atoms with Crippen LogP contribution in [0.2, 0.25) is 0 Å². The highest BCUT2D eigenvalue weighted by Gasteiger charge is 2.33. The lowest BCUT2D eigenvalue weighted by Gasteiger charge is -2.37. The van der Waals surface area contributed by atoms with E-state index in [1.54, 1.807) is 48.8 Å². The topological polar surface area (TPSA) is 93.2 Å². The Morgan fingerprint density at radius 1 is 0.885 bits per heavy atom. The molecule has 0 bridgehead atoms. The van der Waals surface area contributed by atoms with Crippen LogP contribution in [0, 0.1) is 5.41 Å². The molecule has 0 atom stereocenters.